The zero-order chi connectivity index (χ0) is 11.5. The van der Waals surface area contributed by atoms with Gasteiger partial charge in [-0.15, -0.1) is 0 Å². The predicted molar refractivity (Wildman–Crippen MR) is 63.2 cm³/mol. The molecule has 0 saturated carbocycles. The lowest BCUT2D eigenvalue weighted by molar-refractivity contribution is 0.597. The van der Waals surface area contributed by atoms with Crippen LogP contribution < -0.4 is 5.73 Å². The van der Waals surface area contributed by atoms with Gasteiger partial charge in [-0.25, -0.2) is 8.42 Å². The molecule has 15 heavy (non-hydrogen) atoms. The largest absolute Gasteiger partial charge is 0.399 e. The maximum atomic E-state index is 11.6. The molecule has 0 spiro atoms. The Morgan fingerprint density at radius 3 is 2.33 bits per heavy atom. The van der Waals surface area contributed by atoms with E-state index in [9.17, 15) is 8.42 Å². The van der Waals surface area contributed by atoms with Crippen molar-refractivity contribution in [2.75, 3.05) is 11.5 Å². The summed E-state index contributed by atoms with van der Waals surface area (Å²) in [4.78, 5) is 0. The molecule has 0 atom stereocenters. The minimum atomic E-state index is -3.09. The van der Waals surface area contributed by atoms with Crippen molar-refractivity contribution in [2.24, 2.45) is 0 Å². The Bertz CT molecular complexity index is 446. The zero-order valence-corrected chi connectivity index (χ0v) is 9.55. The molecule has 0 radical (unpaired) electrons. The predicted octanol–water partition coefficient (Wildman–Crippen LogP) is 1.76. The van der Waals surface area contributed by atoms with Gasteiger partial charge in [0, 0.05) is 5.69 Å². The fraction of sp³-hybridized carbons (Fsp3) is 0.273. The van der Waals surface area contributed by atoms with E-state index in [0.717, 1.165) is 5.56 Å². The van der Waals surface area contributed by atoms with E-state index in [0.29, 0.717) is 11.3 Å². The number of sulfone groups is 1. The first-order valence-electron chi connectivity index (χ1n) is 4.58. The van der Waals surface area contributed by atoms with Crippen LogP contribution in [0.25, 0.3) is 0 Å². The molecule has 0 aliphatic rings. The monoisotopic (exact) mass is 225 g/mol. The molecule has 0 unspecified atom stereocenters. The van der Waals surface area contributed by atoms with E-state index in [1.54, 1.807) is 31.2 Å². The second-order valence-corrected chi connectivity index (χ2v) is 5.80. The van der Waals surface area contributed by atoms with Crippen LogP contribution in [-0.4, -0.2) is 14.2 Å². The van der Waals surface area contributed by atoms with Gasteiger partial charge in [0.05, 0.1) is 11.5 Å². The Morgan fingerprint density at radius 2 is 1.87 bits per heavy atom. The molecule has 0 amide bonds. The van der Waals surface area contributed by atoms with Crippen LogP contribution in [0.1, 0.15) is 12.5 Å². The van der Waals surface area contributed by atoms with Gasteiger partial charge in [-0.2, -0.15) is 0 Å². The maximum absolute atomic E-state index is 11.6. The molecule has 2 N–H and O–H groups in total. The molecule has 4 heteroatoms. The highest BCUT2D eigenvalue weighted by molar-refractivity contribution is 7.90. The first-order valence-corrected chi connectivity index (χ1v) is 6.40. The lowest BCUT2D eigenvalue weighted by atomic mass is 10.2. The Labute approximate surface area is 90.5 Å². The van der Waals surface area contributed by atoms with Crippen LogP contribution in [0.5, 0.6) is 0 Å². The van der Waals surface area contributed by atoms with Crippen LogP contribution in [0, 0.1) is 0 Å². The normalized spacial score (nSPS) is 11.3. The topological polar surface area (TPSA) is 60.2 Å². The summed E-state index contributed by atoms with van der Waals surface area (Å²) in [5, 5.41) is 0. The fourth-order valence-corrected chi connectivity index (χ4v) is 2.85. The minimum absolute atomic E-state index is 0.0391. The molecule has 0 fully saturated rings. The van der Waals surface area contributed by atoms with E-state index in [4.69, 9.17) is 5.73 Å². The van der Waals surface area contributed by atoms with Crippen molar-refractivity contribution in [3.05, 3.63) is 42.0 Å². The number of hydrogen-bond acceptors (Lipinski definition) is 3. The summed E-state index contributed by atoms with van der Waals surface area (Å²) in [6.45, 7) is 5.31. The van der Waals surface area contributed by atoms with Crippen molar-refractivity contribution >= 4 is 15.5 Å². The number of rotatable bonds is 4. The third kappa shape index (κ3) is 4.16. The summed E-state index contributed by atoms with van der Waals surface area (Å²) in [7, 11) is -3.09. The standard InChI is InChI=1S/C11H15NO2S/c1-9(2)7-15(13,14)8-10-3-5-11(12)6-4-10/h3-6H,1,7-8,12H2,2H3. The summed E-state index contributed by atoms with van der Waals surface area (Å²) in [6, 6.07) is 6.86. The summed E-state index contributed by atoms with van der Waals surface area (Å²) in [6.07, 6.45) is 0. The van der Waals surface area contributed by atoms with Crippen LogP contribution in [0.2, 0.25) is 0 Å². The van der Waals surface area contributed by atoms with Crippen LogP contribution in [0.3, 0.4) is 0 Å². The zero-order valence-electron chi connectivity index (χ0n) is 8.73. The van der Waals surface area contributed by atoms with Crippen molar-refractivity contribution < 1.29 is 8.42 Å². The quantitative estimate of drug-likeness (QED) is 0.627. The Kier molecular flexibility index (Phi) is 3.52. The number of benzene rings is 1. The molecule has 0 aliphatic heterocycles. The van der Waals surface area contributed by atoms with E-state index in [1.807, 2.05) is 0 Å². The summed E-state index contributed by atoms with van der Waals surface area (Å²) >= 11 is 0. The van der Waals surface area contributed by atoms with Gasteiger partial charge < -0.3 is 5.73 Å². The molecule has 0 aliphatic carbocycles. The Hall–Kier alpha value is -1.29. The van der Waals surface area contributed by atoms with Crippen LogP contribution in [0.15, 0.2) is 36.4 Å². The molecule has 3 nitrogen and oxygen atoms in total. The van der Waals surface area contributed by atoms with Crippen LogP contribution >= 0.6 is 0 Å². The first kappa shape index (κ1) is 11.8. The molecule has 1 rings (SSSR count). The van der Waals surface area contributed by atoms with Crippen molar-refractivity contribution in [1.82, 2.24) is 0 Å². The molecular formula is C11H15NO2S. The Morgan fingerprint density at radius 1 is 1.33 bits per heavy atom. The highest BCUT2D eigenvalue weighted by Crippen LogP contribution is 2.11. The third-order valence-corrected chi connectivity index (χ3v) is 3.54. The maximum Gasteiger partial charge on any atom is 0.158 e. The second kappa shape index (κ2) is 4.49. The number of anilines is 1. The second-order valence-electron chi connectivity index (χ2n) is 3.73. The van der Waals surface area contributed by atoms with Crippen molar-refractivity contribution in [3.8, 4) is 0 Å². The molecule has 0 aromatic heterocycles. The molecule has 1 aromatic carbocycles. The van der Waals surface area contributed by atoms with Crippen molar-refractivity contribution in [2.45, 2.75) is 12.7 Å². The summed E-state index contributed by atoms with van der Waals surface area (Å²) in [5.41, 5.74) is 7.56. The van der Waals surface area contributed by atoms with Gasteiger partial charge in [-0.1, -0.05) is 24.3 Å². The molecule has 0 saturated heterocycles. The van der Waals surface area contributed by atoms with Crippen molar-refractivity contribution in [1.29, 1.82) is 0 Å². The third-order valence-electron chi connectivity index (χ3n) is 1.83. The SMILES string of the molecule is C=C(C)CS(=O)(=O)Cc1ccc(N)cc1. The lowest BCUT2D eigenvalue weighted by Crippen LogP contribution is -2.09. The van der Waals surface area contributed by atoms with Gasteiger partial charge in [0.1, 0.15) is 0 Å². The highest BCUT2D eigenvalue weighted by atomic mass is 32.2. The Balaban J connectivity index is 2.78. The number of nitrogens with two attached hydrogens (primary N) is 1. The van der Waals surface area contributed by atoms with Gasteiger partial charge >= 0.3 is 0 Å². The smallest absolute Gasteiger partial charge is 0.158 e. The van der Waals surface area contributed by atoms with Gasteiger partial charge in [0.25, 0.3) is 0 Å². The molecule has 0 heterocycles. The van der Waals surface area contributed by atoms with Crippen LogP contribution in [-0.2, 0) is 15.6 Å². The summed E-state index contributed by atoms with van der Waals surface area (Å²) in [5.74, 6) is 0.0809. The van der Waals surface area contributed by atoms with E-state index in [-0.39, 0.29) is 11.5 Å². The number of nitrogen functional groups attached to an aromatic ring is 1. The van der Waals surface area contributed by atoms with Gasteiger partial charge in [-0.05, 0) is 24.6 Å². The van der Waals surface area contributed by atoms with E-state index in [1.165, 1.54) is 0 Å². The van der Waals surface area contributed by atoms with E-state index in [2.05, 4.69) is 6.58 Å². The van der Waals surface area contributed by atoms with Crippen molar-refractivity contribution in [3.63, 3.8) is 0 Å². The molecule has 0 bridgehead atoms. The van der Waals surface area contributed by atoms with Gasteiger partial charge in [0.2, 0.25) is 0 Å². The lowest BCUT2D eigenvalue weighted by Gasteiger charge is -2.04. The van der Waals surface area contributed by atoms with Crippen LogP contribution in [0.4, 0.5) is 5.69 Å². The highest BCUT2D eigenvalue weighted by Gasteiger charge is 2.11. The first-order chi connectivity index (χ1) is 6.89. The summed E-state index contributed by atoms with van der Waals surface area (Å²) < 4.78 is 23.2. The molecule has 82 valence electrons. The number of hydrogen-bond donors (Lipinski definition) is 1. The average Bonchev–Trinajstić information content (AvgIpc) is 2.06. The van der Waals surface area contributed by atoms with E-state index < -0.39 is 9.84 Å². The van der Waals surface area contributed by atoms with E-state index >= 15 is 0 Å². The molecule has 1 aromatic rings. The molecular weight excluding hydrogens is 210 g/mol. The van der Waals surface area contributed by atoms with Gasteiger partial charge in [0.15, 0.2) is 9.84 Å². The van der Waals surface area contributed by atoms with Gasteiger partial charge in [-0.3, -0.25) is 0 Å². The fourth-order valence-electron chi connectivity index (χ4n) is 1.29. The minimum Gasteiger partial charge on any atom is -0.399 e. The average molecular weight is 225 g/mol.